The summed E-state index contributed by atoms with van der Waals surface area (Å²) in [7, 11) is 3.14. The summed E-state index contributed by atoms with van der Waals surface area (Å²) in [5.74, 6) is 1.58. The number of benzene rings is 2. The highest BCUT2D eigenvalue weighted by Gasteiger charge is 2.13. The minimum absolute atomic E-state index is 0.0768. The van der Waals surface area contributed by atoms with Crippen LogP contribution in [-0.4, -0.2) is 32.9 Å². The number of methoxy groups -OCH3 is 2. The lowest BCUT2D eigenvalue weighted by Gasteiger charge is -2.19. The zero-order valence-electron chi connectivity index (χ0n) is 16.4. The molecular formula is C21H26N2O4. The number of rotatable bonds is 7. The second-order valence-electron chi connectivity index (χ2n) is 7.00. The molecule has 144 valence electrons. The number of carbonyl (C=O) groups is 1. The van der Waals surface area contributed by atoms with E-state index in [4.69, 9.17) is 14.2 Å². The smallest absolute Gasteiger partial charge is 0.277 e. The maximum absolute atomic E-state index is 11.9. The van der Waals surface area contributed by atoms with E-state index >= 15 is 0 Å². The topological polar surface area (TPSA) is 69.2 Å². The molecule has 6 nitrogen and oxygen atoms in total. The number of amides is 1. The lowest BCUT2D eigenvalue weighted by molar-refractivity contribution is -0.123. The quantitative estimate of drug-likeness (QED) is 0.598. The Morgan fingerprint density at radius 3 is 2.11 bits per heavy atom. The molecule has 1 amide bonds. The third-order valence-electron chi connectivity index (χ3n) is 3.87. The van der Waals surface area contributed by atoms with Crippen molar-refractivity contribution in [3.8, 4) is 17.2 Å². The van der Waals surface area contributed by atoms with Gasteiger partial charge in [0.05, 0.1) is 20.4 Å². The summed E-state index contributed by atoms with van der Waals surface area (Å²) in [6, 6.07) is 13.0. The molecule has 0 spiro atoms. The van der Waals surface area contributed by atoms with E-state index < -0.39 is 0 Å². The van der Waals surface area contributed by atoms with Crippen LogP contribution in [0.5, 0.6) is 17.2 Å². The van der Waals surface area contributed by atoms with E-state index in [1.807, 2.05) is 24.3 Å². The predicted octanol–water partition coefficient (Wildman–Crippen LogP) is 3.53. The molecule has 0 aliphatic rings. The second-order valence-corrected chi connectivity index (χ2v) is 7.00. The van der Waals surface area contributed by atoms with Gasteiger partial charge in [0.15, 0.2) is 6.61 Å². The molecule has 2 aromatic carbocycles. The molecule has 2 aromatic rings. The third kappa shape index (κ3) is 6.33. The number of hydrogen-bond acceptors (Lipinski definition) is 5. The van der Waals surface area contributed by atoms with Gasteiger partial charge in [0.2, 0.25) is 0 Å². The highest BCUT2D eigenvalue weighted by atomic mass is 16.5. The van der Waals surface area contributed by atoms with E-state index in [9.17, 15) is 4.79 Å². The highest BCUT2D eigenvalue weighted by Crippen LogP contribution is 2.24. The Hall–Kier alpha value is -3.02. The summed E-state index contributed by atoms with van der Waals surface area (Å²) in [6.45, 7) is 6.32. The molecule has 27 heavy (non-hydrogen) atoms. The summed E-state index contributed by atoms with van der Waals surface area (Å²) in [4.78, 5) is 11.9. The monoisotopic (exact) mass is 370 g/mol. The van der Waals surface area contributed by atoms with Crippen molar-refractivity contribution in [1.29, 1.82) is 0 Å². The van der Waals surface area contributed by atoms with Crippen LogP contribution in [-0.2, 0) is 10.2 Å². The number of hydrazone groups is 1. The molecule has 1 N–H and O–H groups in total. The Kier molecular flexibility index (Phi) is 6.82. The molecule has 0 saturated heterocycles. The lowest BCUT2D eigenvalue weighted by atomic mass is 9.87. The highest BCUT2D eigenvalue weighted by molar-refractivity contribution is 5.83. The molecule has 0 unspecified atom stereocenters. The first-order valence-electron chi connectivity index (χ1n) is 8.60. The Bertz CT molecular complexity index is 771. The van der Waals surface area contributed by atoms with Crippen LogP contribution in [0, 0.1) is 0 Å². The maximum atomic E-state index is 11.9. The Balaban J connectivity index is 1.86. The van der Waals surface area contributed by atoms with Crippen molar-refractivity contribution in [3.63, 3.8) is 0 Å². The number of nitrogens with one attached hydrogen (secondary N) is 1. The van der Waals surface area contributed by atoms with Crippen LogP contribution in [0.3, 0.4) is 0 Å². The summed E-state index contributed by atoms with van der Waals surface area (Å²) in [5, 5.41) is 3.94. The van der Waals surface area contributed by atoms with Crippen molar-refractivity contribution >= 4 is 12.1 Å². The standard InChI is InChI=1S/C21H26N2O4/c1-21(2,3)16-6-8-17(9-7-16)27-14-20(24)23-22-13-15-10-18(25-4)12-19(11-15)26-5/h6-13H,14H2,1-5H3,(H,23,24)/b22-13-. The largest absolute Gasteiger partial charge is 0.497 e. The molecule has 0 saturated carbocycles. The van der Waals surface area contributed by atoms with E-state index in [1.165, 1.54) is 11.8 Å². The van der Waals surface area contributed by atoms with E-state index in [0.717, 1.165) is 5.56 Å². The van der Waals surface area contributed by atoms with Crippen LogP contribution >= 0.6 is 0 Å². The van der Waals surface area contributed by atoms with Gasteiger partial charge in [-0.3, -0.25) is 4.79 Å². The Morgan fingerprint density at radius 2 is 1.59 bits per heavy atom. The Morgan fingerprint density at radius 1 is 1.00 bits per heavy atom. The average Bonchev–Trinajstić information content (AvgIpc) is 2.65. The average molecular weight is 370 g/mol. The first-order chi connectivity index (χ1) is 12.8. The fourth-order valence-corrected chi connectivity index (χ4v) is 2.32. The van der Waals surface area contributed by atoms with Gasteiger partial charge in [-0.25, -0.2) is 5.43 Å². The normalized spacial score (nSPS) is 11.3. The molecule has 0 fully saturated rings. The number of carbonyl (C=O) groups excluding carboxylic acids is 1. The van der Waals surface area contributed by atoms with Gasteiger partial charge in [-0.05, 0) is 35.2 Å². The summed E-state index contributed by atoms with van der Waals surface area (Å²) >= 11 is 0. The van der Waals surface area contributed by atoms with Crippen molar-refractivity contribution < 1.29 is 19.0 Å². The van der Waals surface area contributed by atoms with Crippen LogP contribution in [0.15, 0.2) is 47.6 Å². The van der Waals surface area contributed by atoms with Gasteiger partial charge < -0.3 is 14.2 Å². The van der Waals surface area contributed by atoms with Gasteiger partial charge in [0.25, 0.3) is 5.91 Å². The first-order valence-corrected chi connectivity index (χ1v) is 8.60. The molecule has 0 atom stereocenters. The van der Waals surface area contributed by atoms with E-state index in [-0.39, 0.29) is 17.9 Å². The fraction of sp³-hybridized carbons (Fsp3) is 0.333. The molecule has 0 aliphatic heterocycles. The number of hydrogen-bond donors (Lipinski definition) is 1. The molecule has 0 aliphatic carbocycles. The Labute approximate surface area is 160 Å². The zero-order chi connectivity index (χ0) is 19.9. The maximum Gasteiger partial charge on any atom is 0.277 e. The minimum Gasteiger partial charge on any atom is -0.497 e. The van der Waals surface area contributed by atoms with Gasteiger partial charge in [-0.15, -0.1) is 0 Å². The van der Waals surface area contributed by atoms with Crippen molar-refractivity contribution in [3.05, 3.63) is 53.6 Å². The van der Waals surface area contributed by atoms with Crippen molar-refractivity contribution in [2.24, 2.45) is 5.10 Å². The van der Waals surface area contributed by atoms with Gasteiger partial charge in [0.1, 0.15) is 17.2 Å². The molecule has 0 radical (unpaired) electrons. The first kappa shape index (κ1) is 20.3. The zero-order valence-corrected chi connectivity index (χ0v) is 16.4. The van der Waals surface area contributed by atoms with Crippen molar-refractivity contribution in [1.82, 2.24) is 5.43 Å². The lowest BCUT2D eigenvalue weighted by Crippen LogP contribution is -2.24. The molecule has 0 heterocycles. The summed E-state index contributed by atoms with van der Waals surface area (Å²) in [5.41, 5.74) is 4.46. The number of ether oxygens (including phenoxy) is 3. The van der Waals surface area contributed by atoms with Crippen LogP contribution in [0.1, 0.15) is 31.9 Å². The molecule has 6 heteroatoms. The summed E-state index contributed by atoms with van der Waals surface area (Å²) in [6.07, 6.45) is 1.51. The van der Waals surface area contributed by atoms with Crippen LogP contribution in [0.2, 0.25) is 0 Å². The SMILES string of the molecule is COc1cc(/C=N\NC(=O)COc2ccc(C(C)(C)C)cc2)cc(OC)c1. The van der Waals surface area contributed by atoms with Crippen LogP contribution in [0.4, 0.5) is 0 Å². The minimum atomic E-state index is -0.346. The summed E-state index contributed by atoms with van der Waals surface area (Å²) < 4.78 is 15.9. The third-order valence-corrected chi connectivity index (χ3v) is 3.87. The molecular weight excluding hydrogens is 344 g/mol. The fourth-order valence-electron chi connectivity index (χ4n) is 2.32. The van der Waals surface area contributed by atoms with Crippen molar-refractivity contribution in [2.75, 3.05) is 20.8 Å². The van der Waals surface area contributed by atoms with Crippen molar-refractivity contribution in [2.45, 2.75) is 26.2 Å². The van der Waals surface area contributed by atoms with E-state index in [1.54, 1.807) is 32.4 Å². The van der Waals surface area contributed by atoms with Gasteiger partial charge in [-0.1, -0.05) is 32.9 Å². The predicted molar refractivity (Wildman–Crippen MR) is 106 cm³/mol. The van der Waals surface area contributed by atoms with Gasteiger partial charge in [0, 0.05) is 11.6 Å². The molecule has 0 aromatic heterocycles. The van der Waals surface area contributed by atoms with Crippen LogP contribution < -0.4 is 19.6 Å². The van der Waals surface area contributed by atoms with E-state index in [2.05, 4.69) is 31.3 Å². The molecule has 2 rings (SSSR count). The van der Waals surface area contributed by atoms with E-state index in [0.29, 0.717) is 17.2 Å². The number of nitrogens with zero attached hydrogens (tertiary/aromatic N) is 1. The molecule has 0 bridgehead atoms. The second kappa shape index (κ2) is 9.07. The van der Waals surface area contributed by atoms with Gasteiger partial charge in [-0.2, -0.15) is 5.10 Å². The van der Waals surface area contributed by atoms with Gasteiger partial charge >= 0.3 is 0 Å². The van der Waals surface area contributed by atoms with Crippen LogP contribution in [0.25, 0.3) is 0 Å².